The van der Waals surface area contributed by atoms with Crippen LogP contribution in [0.4, 0.5) is 5.82 Å². The Hall–Kier alpha value is -3.12. The van der Waals surface area contributed by atoms with E-state index in [1.807, 2.05) is 53.4 Å². The largest absolute Gasteiger partial charge is 0.326 e. The lowest BCUT2D eigenvalue weighted by Gasteiger charge is -2.21. The molecule has 3 aromatic rings. The third-order valence-corrected chi connectivity index (χ3v) is 7.03. The molecule has 32 heavy (non-hydrogen) atoms. The molecule has 1 aromatic carbocycles. The normalized spacial score (nSPS) is 14.3. The molecule has 1 fully saturated rings. The van der Waals surface area contributed by atoms with E-state index in [0.717, 1.165) is 29.7 Å². The van der Waals surface area contributed by atoms with Gasteiger partial charge in [0, 0.05) is 12.2 Å². The lowest BCUT2D eigenvalue weighted by atomic mass is 9.96. The lowest BCUT2D eigenvalue weighted by Crippen LogP contribution is -2.20. The number of tetrazole rings is 1. The number of nitrogens with zero attached hydrogens (tertiary/aromatic N) is 6. The minimum Gasteiger partial charge on any atom is -0.326 e. The number of hydrogen-bond acceptors (Lipinski definition) is 6. The number of anilines is 1. The van der Waals surface area contributed by atoms with E-state index in [1.54, 1.807) is 0 Å². The fraction of sp³-hybridized carbons (Fsp3) is 0.435. The van der Waals surface area contributed by atoms with E-state index >= 15 is 0 Å². The minimum atomic E-state index is -0.184. The van der Waals surface area contributed by atoms with Crippen molar-refractivity contribution in [3.05, 3.63) is 52.7 Å². The predicted molar refractivity (Wildman–Crippen MR) is 123 cm³/mol. The highest BCUT2D eigenvalue weighted by Gasteiger charge is 2.23. The number of aromatic nitrogens is 5. The highest BCUT2D eigenvalue weighted by molar-refractivity contribution is 7.99. The average Bonchev–Trinajstić information content (AvgIpc) is 3.38. The number of hydrogen-bond donors (Lipinski definition) is 1. The van der Waals surface area contributed by atoms with Crippen molar-refractivity contribution >= 4 is 23.5 Å². The van der Waals surface area contributed by atoms with Crippen LogP contribution in [0.1, 0.15) is 60.5 Å². The van der Waals surface area contributed by atoms with Crippen LogP contribution in [0.3, 0.4) is 0 Å². The second kappa shape index (κ2) is 10.0. The van der Waals surface area contributed by atoms with Gasteiger partial charge >= 0.3 is 0 Å². The number of nitriles is 1. The van der Waals surface area contributed by atoms with Crippen molar-refractivity contribution in [3.8, 4) is 6.07 Å². The van der Waals surface area contributed by atoms with Crippen molar-refractivity contribution in [2.45, 2.75) is 63.7 Å². The summed E-state index contributed by atoms with van der Waals surface area (Å²) in [6.07, 6.45) is 5.77. The molecular formula is C23H27N7OS. The first kappa shape index (κ1) is 22.1. The molecule has 0 unspecified atom stereocenters. The molecule has 2 aromatic heterocycles. The molecule has 0 spiro atoms. The van der Waals surface area contributed by atoms with Crippen molar-refractivity contribution in [2.24, 2.45) is 0 Å². The van der Waals surface area contributed by atoms with Crippen LogP contribution in [0.15, 0.2) is 35.5 Å². The summed E-state index contributed by atoms with van der Waals surface area (Å²) in [5, 5.41) is 25.5. The number of thioether (sulfide) groups is 1. The Morgan fingerprint density at radius 1 is 1.22 bits per heavy atom. The van der Waals surface area contributed by atoms with E-state index in [-0.39, 0.29) is 11.7 Å². The number of carbonyl (C=O) groups excluding carboxylic acids is 1. The monoisotopic (exact) mass is 449 g/mol. The van der Waals surface area contributed by atoms with Crippen LogP contribution in [-0.4, -0.2) is 36.4 Å². The van der Waals surface area contributed by atoms with Gasteiger partial charge in [-0.3, -0.25) is 4.79 Å². The third kappa shape index (κ3) is 4.70. The van der Waals surface area contributed by atoms with Crippen molar-refractivity contribution in [1.82, 2.24) is 24.8 Å². The Morgan fingerprint density at radius 2 is 1.97 bits per heavy atom. The number of amides is 1. The summed E-state index contributed by atoms with van der Waals surface area (Å²) < 4.78 is 3.86. The lowest BCUT2D eigenvalue weighted by molar-refractivity contribution is -0.113. The van der Waals surface area contributed by atoms with Gasteiger partial charge in [-0.1, -0.05) is 61.4 Å². The summed E-state index contributed by atoms with van der Waals surface area (Å²) in [5.74, 6) is 0.535. The Balaban J connectivity index is 1.48. The van der Waals surface area contributed by atoms with Crippen LogP contribution >= 0.6 is 11.8 Å². The van der Waals surface area contributed by atoms with Crippen LogP contribution in [0.2, 0.25) is 0 Å². The Kier molecular flexibility index (Phi) is 6.90. The summed E-state index contributed by atoms with van der Waals surface area (Å²) in [5.41, 5.74) is 3.46. The number of benzene rings is 1. The van der Waals surface area contributed by atoms with E-state index in [9.17, 15) is 10.1 Å². The molecule has 8 nitrogen and oxygen atoms in total. The van der Waals surface area contributed by atoms with Gasteiger partial charge in [-0.15, -0.1) is 5.10 Å². The fourth-order valence-corrected chi connectivity index (χ4v) is 4.97. The van der Waals surface area contributed by atoms with Gasteiger partial charge in [-0.25, -0.2) is 4.68 Å². The van der Waals surface area contributed by atoms with Gasteiger partial charge in [-0.05, 0) is 48.2 Å². The van der Waals surface area contributed by atoms with Crippen molar-refractivity contribution in [3.63, 3.8) is 0 Å². The standard InChI is InChI=1S/C23H27N7OS/c1-16-17(2)29(14-18-9-5-3-6-10-18)22(20(16)13-24)25-21(31)15-32-23-26-27-28-30(23)19-11-7-4-8-12-19/h3,5-6,9-10,19H,4,7-8,11-12,14-15H2,1-2H3,(H,25,31). The summed E-state index contributed by atoms with van der Waals surface area (Å²) in [6, 6.07) is 12.6. The van der Waals surface area contributed by atoms with Crippen molar-refractivity contribution in [1.29, 1.82) is 5.26 Å². The zero-order valence-corrected chi connectivity index (χ0v) is 19.2. The molecule has 0 radical (unpaired) electrons. The summed E-state index contributed by atoms with van der Waals surface area (Å²) in [4.78, 5) is 12.9. The SMILES string of the molecule is Cc1c(C#N)c(NC(=O)CSc2nnnn2C2CCCCC2)n(Cc2ccccc2)c1C. The minimum absolute atomic E-state index is 0.173. The van der Waals surface area contributed by atoms with Crippen molar-refractivity contribution < 1.29 is 4.79 Å². The first-order valence-corrected chi connectivity index (χ1v) is 11.9. The number of carbonyl (C=O) groups is 1. The fourth-order valence-electron chi connectivity index (χ4n) is 4.23. The zero-order valence-electron chi connectivity index (χ0n) is 18.4. The van der Waals surface area contributed by atoms with Gasteiger partial charge in [0.05, 0.1) is 17.4 Å². The smallest absolute Gasteiger partial charge is 0.235 e. The molecule has 1 amide bonds. The highest BCUT2D eigenvalue weighted by Crippen LogP contribution is 2.31. The third-order valence-electron chi connectivity index (χ3n) is 6.10. The number of rotatable bonds is 7. The molecule has 1 N–H and O–H groups in total. The maximum Gasteiger partial charge on any atom is 0.235 e. The predicted octanol–water partition coefficient (Wildman–Crippen LogP) is 4.25. The Bertz CT molecular complexity index is 1120. The average molecular weight is 450 g/mol. The molecule has 1 saturated carbocycles. The molecule has 1 aliphatic carbocycles. The maximum atomic E-state index is 12.9. The summed E-state index contributed by atoms with van der Waals surface area (Å²) in [7, 11) is 0. The molecule has 0 bridgehead atoms. The summed E-state index contributed by atoms with van der Waals surface area (Å²) in [6.45, 7) is 4.47. The van der Waals surface area contributed by atoms with Gasteiger partial charge in [-0.2, -0.15) is 5.26 Å². The quantitative estimate of drug-likeness (QED) is 0.541. The Morgan fingerprint density at radius 3 is 2.69 bits per heavy atom. The summed E-state index contributed by atoms with van der Waals surface area (Å²) >= 11 is 1.33. The molecule has 1 aliphatic rings. The van der Waals surface area contributed by atoms with Crippen LogP contribution < -0.4 is 5.32 Å². The molecule has 0 aliphatic heterocycles. The zero-order chi connectivity index (χ0) is 22.5. The van der Waals surface area contributed by atoms with Gasteiger partial charge in [0.1, 0.15) is 11.9 Å². The van der Waals surface area contributed by atoms with Crippen LogP contribution in [-0.2, 0) is 11.3 Å². The first-order chi connectivity index (χ1) is 15.6. The number of nitrogens with one attached hydrogen (secondary N) is 1. The van der Waals surface area contributed by atoms with Crippen LogP contribution in [0.5, 0.6) is 0 Å². The highest BCUT2D eigenvalue weighted by atomic mass is 32.2. The van der Waals surface area contributed by atoms with E-state index in [2.05, 4.69) is 26.9 Å². The van der Waals surface area contributed by atoms with Crippen LogP contribution in [0, 0.1) is 25.2 Å². The molecular weight excluding hydrogens is 422 g/mol. The van der Waals surface area contributed by atoms with E-state index in [1.165, 1.54) is 31.0 Å². The van der Waals surface area contributed by atoms with Gasteiger partial charge in [0.15, 0.2) is 0 Å². The molecule has 0 atom stereocenters. The Labute approximate surface area is 192 Å². The first-order valence-electron chi connectivity index (χ1n) is 10.9. The van der Waals surface area contributed by atoms with Crippen molar-refractivity contribution in [2.75, 3.05) is 11.1 Å². The van der Waals surface area contributed by atoms with Gasteiger partial charge in [0.25, 0.3) is 0 Å². The van der Waals surface area contributed by atoms with Gasteiger partial charge < -0.3 is 9.88 Å². The molecule has 9 heteroatoms. The maximum absolute atomic E-state index is 12.9. The molecule has 166 valence electrons. The van der Waals surface area contributed by atoms with E-state index in [0.29, 0.717) is 29.1 Å². The van der Waals surface area contributed by atoms with Gasteiger partial charge in [0.2, 0.25) is 11.1 Å². The second-order valence-corrected chi connectivity index (χ2v) is 9.09. The van der Waals surface area contributed by atoms with E-state index in [4.69, 9.17) is 0 Å². The topological polar surface area (TPSA) is 101 Å². The van der Waals surface area contributed by atoms with E-state index < -0.39 is 0 Å². The molecule has 0 saturated heterocycles. The molecule has 4 rings (SSSR count). The van der Waals surface area contributed by atoms with Crippen LogP contribution in [0.25, 0.3) is 0 Å². The molecule has 2 heterocycles. The second-order valence-electron chi connectivity index (χ2n) is 8.15.